The standard InChI is InChI=1S/C12H18ClN3/c1-8-4-6-16(7-5-8)12-14-10(3)9(2)11(13)15-12/h8H,4-7H2,1-3H3. The summed E-state index contributed by atoms with van der Waals surface area (Å²) in [6, 6.07) is 0. The number of rotatable bonds is 1. The molecular formula is C12H18ClN3. The Hall–Kier alpha value is -0.830. The summed E-state index contributed by atoms with van der Waals surface area (Å²) in [5, 5.41) is 0.584. The maximum Gasteiger partial charge on any atom is 0.226 e. The van der Waals surface area contributed by atoms with Gasteiger partial charge >= 0.3 is 0 Å². The van der Waals surface area contributed by atoms with Crippen LogP contribution in [-0.4, -0.2) is 23.1 Å². The third-order valence-corrected chi connectivity index (χ3v) is 3.75. The van der Waals surface area contributed by atoms with Crippen molar-refractivity contribution in [2.24, 2.45) is 5.92 Å². The van der Waals surface area contributed by atoms with Crippen LogP contribution in [-0.2, 0) is 0 Å². The number of halogens is 1. The summed E-state index contributed by atoms with van der Waals surface area (Å²) >= 11 is 6.09. The van der Waals surface area contributed by atoms with Crippen molar-refractivity contribution in [2.45, 2.75) is 33.6 Å². The predicted octanol–water partition coefficient (Wildman–Crippen LogP) is 2.98. The van der Waals surface area contributed by atoms with Crippen molar-refractivity contribution >= 4 is 17.5 Å². The minimum Gasteiger partial charge on any atom is -0.341 e. The SMILES string of the molecule is Cc1nc(N2CCC(C)CC2)nc(Cl)c1C. The van der Waals surface area contributed by atoms with Crippen LogP contribution >= 0.6 is 11.6 Å². The number of hydrogen-bond acceptors (Lipinski definition) is 3. The van der Waals surface area contributed by atoms with Crippen LogP contribution in [0.3, 0.4) is 0 Å². The van der Waals surface area contributed by atoms with Crippen LogP contribution < -0.4 is 4.90 Å². The zero-order valence-electron chi connectivity index (χ0n) is 10.1. The third-order valence-electron chi connectivity index (χ3n) is 3.38. The Kier molecular flexibility index (Phi) is 3.33. The fourth-order valence-corrected chi connectivity index (χ4v) is 2.14. The van der Waals surface area contributed by atoms with Gasteiger partial charge in [-0.05, 0) is 32.6 Å². The number of anilines is 1. The van der Waals surface area contributed by atoms with Crippen molar-refractivity contribution in [2.75, 3.05) is 18.0 Å². The molecule has 1 fully saturated rings. The Morgan fingerprint density at radius 2 is 1.81 bits per heavy atom. The van der Waals surface area contributed by atoms with Gasteiger partial charge in [0, 0.05) is 24.3 Å². The van der Waals surface area contributed by atoms with Gasteiger partial charge in [0.25, 0.3) is 0 Å². The highest BCUT2D eigenvalue weighted by molar-refractivity contribution is 6.30. The number of aromatic nitrogens is 2. The molecule has 0 unspecified atom stereocenters. The largest absolute Gasteiger partial charge is 0.341 e. The fourth-order valence-electron chi connectivity index (χ4n) is 1.93. The Morgan fingerprint density at radius 3 is 2.38 bits per heavy atom. The average molecular weight is 240 g/mol. The lowest BCUT2D eigenvalue weighted by Crippen LogP contribution is -2.34. The number of nitrogens with zero attached hydrogens (tertiary/aromatic N) is 3. The molecule has 0 aromatic carbocycles. The van der Waals surface area contributed by atoms with Crippen molar-refractivity contribution < 1.29 is 0 Å². The minimum atomic E-state index is 0.584. The van der Waals surface area contributed by atoms with E-state index in [9.17, 15) is 0 Å². The minimum absolute atomic E-state index is 0.584. The van der Waals surface area contributed by atoms with Crippen LogP contribution in [0.5, 0.6) is 0 Å². The van der Waals surface area contributed by atoms with E-state index in [1.54, 1.807) is 0 Å². The summed E-state index contributed by atoms with van der Waals surface area (Å²) in [5.74, 6) is 1.61. The van der Waals surface area contributed by atoms with E-state index in [1.165, 1.54) is 12.8 Å². The second-order valence-corrected chi connectivity index (χ2v) is 5.05. The topological polar surface area (TPSA) is 29.0 Å². The lowest BCUT2D eigenvalue weighted by atomic mass is 10.00. The number of hydrogen-bond donors (Lipinski definition) is 0. The first-order valence-corrected chi connectivity index (χ1v) is 6.21. The van der Waals surface area contributed by atoms with Crippen LogP contribution in [0.2, 0.25) is 5.15 Å². The lowest BCUT2D eigenvalue weighted by Gasteiger charge is -2.30. The molecule has 16 heavy (non-hydrogen) atoms. The third kappa shape index (κ3) is 2.29. The molecular weight excluding hydrogens is 222 g/mol. The van der Waals surface area contributed by atoms with Crippen molar-refractivity contribution in [3.63, 3.8) is 0 Å². The highest BCUT2D eigenvalue weighted by Gasteiger charge is 2.19. The molecule has 1 aliphatic rings. The Morgan fingerprint density at radius 1 is 1.19 bits per heavy atom. The quantitative estimate of drug-likeness (QED) is 0.706. The molecule has 0 aliphatic carbocycles. The van der Waals surface area contributed by atoms with Crippen molar-refractivity contribution in [1.82, 2.24) is 9.97 Å². The van der Waals surface area contributed by atoms with E-state index in [2.05, 4.69) is 21.8 Å². The van der Waals surface area contributed by atoms with E-state index < -0.39 is 0 Å². The molecule has 2 heterocycles. The molecule has 0 spiro atoms. The smallest absolute Gasteiger partial charge is 0.226 e. The molecule has 88 valence electrons. The van der Waals surface area contributed by atoms with Crippen LogP contribution in [0.15, 0.2) is 0 Å². The zero-order valence-corrected chi connectivity index (χ0v) is 10.9. The van der Waals surface area contributed by atoms with E-state index in [-0.39, 0.29) is 0 Å². The van der Waals surface area contributed by atoms with E-state index >= 15 is 0 Å². The highest BCUT2D eigenvalue weighted by Crippen LogP contribution is 2.23. The molecule has 0 N–H and O–H groups in total. The second-order valence-electron chi connectivity index (χ2n) is 4.69. The van der Waals surface area contributed by atoms with E-state index in [0.29, 0.717) is 5.15 Å². The summed E-state index contributed by atoms with van der Waals surface area (Å²) in [6.45, 7) is 8.32. The number of piperidine rings is 1. The molecule has 0 amide bonds. The number of aryl methyl sites for hydroxylation is 1. The first-order valence-electron chi connectivity index (χ1n) is 5.83. The van der Waals surface area contributed by atoms with Gasteiger partial charge in [0.2, 0.25) is 5.95 Å². The van der Waals surface area contributed by atoms with Crippen LogP contribution in [0.1, 0.15) is 31.0 Å². The molecule has 0 saturated carbocycles. The highest BCUT2D eigenvalue weighted by atomic mass is 35.5. The lowest BCUT2D eigenvalue weighted by molar-refractivity contribution is 0.434. The molecule has 0 atom stereocenters. The summed E-state index contributed by atoms with van der Waals surface area (Å²) < 4.78 is 0. The molecule has 1 saturated heterocycles. The summed E-state index contributed by atoms with van der Waals surface area (Å²) in [7, 11) is 0. The first kappa shape index (κ1) is 11.6. The van der Waals surface area contributed by atoms with Gasteiger partial charge in [0.1, 0.15) is 5.15 Å². The van der Waals surface area contributed by atoms with Gasteiger partial charge in [0.05, 0.1) is 0 Å². The molecule has 1 aromatic rings. The Balaban J connectivity index is 2.21. The Bertz CT molecular complexity index is 361. The van der Waals surface area contributed by atoms with Crippen LogP contribution in [0.4, 0.5) is 5.95 Å². The second kappa shape index (κ2) is 4.58. The van der Waals surface area contributed by atoms with Crippen molar-refractivity contribution in [1.29, 1.82) is 0 Å². The van der Waals surface area contributed by atoms with Gasteiger partial charge in [-0.2, -0.15) is 0 Å². The van der Waals surface area contributed by atoms with Crippen LogP contribution in [0, 0.1) is 19.8 Å². The summed E-state index contributed by atoms with van der Waals surface area (Å²) in [4.78, 5) is 11.1. The summed E-state index contributed by atoms with van der Waals surface area (Å²) in [6.07, 6.45) is 2.43. The first-order chi connectivity index (χ1) is 7.58. The van der Waals surface area contributed by atoms with Gasteiger partial charge in [-0.1, -0.05) is 18.5 Å². The molecule has 2 rings (SSSR count). The van der Waals surface area contributed by atoms with Gasteiger partial charge in [-0.3, -0.25) is 0 Å². The monoisotopic (exact) mass is 239 g/mol. The van der Waals surface area contributed by atoms with E-state index in [0.717, 1.165) is 36.2 Å². The van der Waals surface area contributed by atoms with Crippen molar-refractivity contribution in [3.8, 4) is 0 Å². The van der Waals surface area contributed by atoms with Gasteiger partial charge < -0.3 is 4.90 Å². The van der Waals surface area contributed by atoms with Gasteiger partial charge in [-0.25, -0.2) is 9.97 Å². The van der Waals surface area contributed by atoms with E-state index in [1.807, 2.05) is 13.8 Å². The van der Waals surface area contributed by atoms with E-state index in [4.69, 9.17) is 11.6 Å². The molecule has 0 radical (unpaired) electrons. The molecule has 1 aromatic heterocycles. The molecule has 3 nitrogen and oxygen atoms in total. The van der Waals surface area contributed by atoms with Gasteiger partial charge in [-0.15, -0.1) is 0 Å². The maximum atomic E-state index is 6.09. The van der Waals surface area contributed by atoms with Crippen molar-refractivity contribution in [3.05, 3.63) is 16.4 Å². The van der Waals surface area contributed by atoms with Gasteiger partial charge in [0.15, 0.2) is 0 Å². The fraction of sp³-hybridized carbons (Fsp3) is 0.667. The molecule has 4 heteroatoms. The average Bonchev–Trinajstić information content (AvgIpc) is 2.26. The molecule has 0 bridgehead atoms. The summed E-state index contributed by atoms with van der Waals surface area (Å²) in [5.41, 5.74) is 1.96. The zero-order chi connectivity index (χ0) is 11.7. The Labute approximate surface area is 102 Å². The normalized spacial score (nSPS) is 17.9. The predicted molar refractivity (Wildman–Crippen MR) is 67.1 cm³/mol. The van der Waals surface area contributed by atoms with Crippen LogP contribution in [0.25, 0.3) is 0 Å². The molecule has 1 aliphatic heterocycles. The maximum absolute atomic E-state index is 6.09.